The Morgan fingerprint density at radius 3 is 2.65 bits per heavy atom. The zero-order valence-electron chi connectivity index (χ0n) is 14.1. The Labute approximate surface area is 138 Å². The molecule has 1 heterocycles. The van der Waals surface area contributed by atoms with Crippen LogP contribution >= 0.6 is 0 Å². The minimum absolute atomic E-state index is 0.0511. The van der Waals surface area contributed by atoms with Crippen LogP contribution in [0.2, 0.25) is 0 Å². The van der Waals surface area contributed by atoms with Gasteiger partial charge in [0.1, 0.15) is 5.41 Å². The Hall–Kier alpha value is -1.84. The molecule has 1 aliphatic carbocycles. The molecule has 1 saturated carbocycles. The zero-order chi connectivity index (χ0) is 16.4. The maximum Gasteiger partial charge on any atom is 0.240 e. The third kappa shape index (κ3) is 2.99. The normalized spacial score (nSPS) is 22.5. The molecule has 1 unspecified atom stereocenters. The lowest BCUT2D eigenvalue weighted by molar-refractivity contribution is -0.145. The molecule has 0 radical (unpaired) electrons. The molecule has 1 aromatic carbocycles. The van der Waals surface area contributed by atoms with Gasteiger partial charge in [-0.05, 0) is 57.1 Å². The van der Waals surface area contributed by atoms with Gasteiger partial charge in [-0.15, -0.1) is 0 Å². The molecule has 4 nitrogen and oxygen atoms in total. The van der Waals surface area contributed by atoms with Gasteiger partial charge in [0.15, 0.2) is 0 Å². The molecule has 0 aromatic heterocycles. The van der Waals surface area contributed by atoms with Gasteiger partial charge in [-0.3, -0.25) is 9.59 Å². The summed E-state index contributed by atoms with van der Waals surface area (Å²) in [7, 11) is 0. The monoisotopic (exact) mass is 314 g/mol. The van der Waals surface area contributed by atoms with Crippen LogP contribution in [0.25, 0.3) is 0 Å². The highest BCUT2D eigenvalue weighted by Gasteiger charge is 2.58. The third-order valence-electron chi connectivity index (χ3n) is 5.35. The number of rotatable bonds is 4. The minimum Gasteiger partial charge on any atom is -0.339 e. The van der Waals surface area contributed by atoms with E-state index in [1.54, 1.807) is 0 Å². The van der Waals surface area contributed by atoms with Crippen molar-refractivity contribution in [3.63, 3.8) is 0 Å². The van der Waals surface area contributed by atoms with Crippen LogP contribution in [0.1, 0.15) is 51.0 Å². The number of anilines is 1. The van der Waals surface area contributed by atoms with Crippen molar-refractivity contribution in [3.05, 3.63) is 29.8 Å². The summed E-state index contributed by atoms with van der Waals surface area (Å²) in [6.07, 6.45) is 5.63. The van der Waals surface area contributed by atoms with Crippen LogP contribution in [0.15, 0.2) is 24.3 Å². The summed E-state index contributed by atoms with van der Waals surface area (Å²) in [5, 5.41) is 2.98. The number of piperidine rings is 1. The van der Waals surface area contributed by atoms with Crippen LogP contribution in [-0.4, -0.2) is 29.3 Å². The summed E-state index contributed by atoms with van der Waals surface area (Å²) < 4.78 is 0. The number of carbonyl (C=O) groups excluding carboxylic acids is 2. The van der Waals surface area contributed by atoms with Crippen LogP contribution in [0, 0.1) is 12.3 Å². The van der Waals surface area contributed by atoms with Gasteiger partial charge in [-0.25, -0.2) is 0 Å². The van der Waals surface area contributed by atoms with E-state index < -0.39 is 5.41 Å². The van der Waals surface area contributed by atoms with E-state index >= 15 is 0 Å². The van der Waals surface area contributed by atoms with Gasteiger partial charge in [0.25, 0.3) is 0 Å². The Balaban J connectivity index is 1.74. The first-order valence-electron chi connectivity index (χ1n) is 8.76. The number of amides is 2. The fourth-order valence-electron chi connectivity index (χ4n) is 3.59. The fourth-order valence-corrected chi connectivity index (χ4v) is 3.59. The van der Waals surface area contributed by atoms with E-state index in [1.165, 1.54) is 6.42 Å². The van der Waals surface area contributed by atoms with Crippen molar-refractivity contribution >= 4 is 17.5 Å². The van der Waals surface area contributed by atoms with Crippen LogP contribution in [0.5, 0.6) is 0 Å². The summed E-state index contributed by atoms with van der Waals surface area (Å²) >= 11 is 0. The van der Waals surface area contributed by atoms with Gasteiger partial charge in [0.2, 0.25) is 11.8 Å². The Kier molecular flexibility index (Phi) is 4.42. The van der Waals surface area contributed by atoms with Crippen molar-refractivity contribution < 1.29 is 9.59 Å². The lowest BCUT2D eigenvalue weighted by Gasteiger charge is -2.37. The second kappa shape index (κ2) is 6.34. The molecule has 124 valence electrons. The van der Waals surface area contributed by atoms with E-state index in [2.05, 4.69) is 12.2 Å². The SMILES string of the molecule is CCC1CCCCN1C(=O)C1(C(=O)Nc2ccccc2C)CC1. The van der Waals surface area contributed by atoms with E-state index in [0.717, 1.165) is 37.1 Å². The third-order valence-corrected chi connectivity index (χ3v) is 5.35. The van der Waals surface area contributed by atoms with Crippen LogP contribution in [0.3, 0.4) is 0 Å². The van der Waals surface area contributed by atoms with Crippen molar-refractivity contribution in [1.82, 2.24) is 4.90 Å². The van der Waals surface area contributed by atoms with Crippen molar-refractivity contribution in [1.29, 1.82) is 0 Å². The number of carbonyl (C=O) groups is 2. The molecule has 1 aromatic rings. The average molecular weight is 314 g/mol. The molecule has 2 aliphatic rings. The van der Waals surface area contributed by atoms with Crippen molar-refractivity contribution in [2.24, 2.45) is 5.41 Å². The van der Waals surface area contributed by atoms with E-state index in [4.69, 9.17) is 0 Å². The van der Waals surface area contributed by atoms with Crippen molar-refractivity contribution in [3.8, 4) is 0 Å². The summed E-state index contributed by atoms with van der Waals surface area (Å²) in [5.74, 6) is -0.0765. The molecular formula is C19H26N2O2. The molecule has 0 bridgehead atoms. The first-order chi connectivity index (χ1) is 11.1. The molecule has 1 N–H and O–H groups in total. The second-order valence-corrected chi connectivity index (χ2v) is 6.91. The first-order valence-corrected chi connectivity index (χ1v) is 8.76. The van der Waals surface area contributed by atoms with Gasteiger partial charge in [0.05, 0.1) is 0 Å². The summed E-state index contributed by atoms with van der Waals surface area (Å²) in [5.41, 5.74) is 1.02. The number of hydrogen-bond donors (Lipinski definition) is 1. The molecule has 2 amide bonds. The zero-order valence-corrected chi connectivity index (χ0v) is 14.1. The maximum atomic E-state index is 13.0. The van der Waals surface area contributed by atoms with Gasteiger partial charge in [-0.1, -0.05) is 25.1 Å². The lowest BCUT2D eigenvalue weighted by Crippen LogP contribution is -2.49. The van der Waals surface area contributed by atoms with Gasteiger partial charge < -0.3 is 10.2 Å². The molecule has 4 heteroatoms. The maximum absolute atomic E-state index is 13.0. The number of aryl methyl sites for hydroxylation is 1. The van der Waals surface area contributed by atoms with Crippen molar-refractivity contribution in [2.75, 3.05) is 11.9 Å². The largest absolute Gasteiger partial charge is 0.339 e. The highest BCUT2D eigenvalue weighted by molar-refractivity contribution is 6.13. The molecular weight excluding hydrogens is 288 g/mol. The number of para-hydroxylation sites is 1. The molecule has 0 spiro atoms. The lowest BCUT2D eigenvalue weighted by atomic mass is 9.95. The molecule has 1 atom stereocenters. The predicted octanol–water partition coefficient (Wildman–Crippen LogP) is 3.50. The molecule has 2 fully saturated rings. The summed E-state index contributed by atoms with van der Waals surface area (Å²) in [6, 6.07) is 8.02. The fraction of sp³-hybridized carbons (Fsp3) is 0.579. The van der Waals surface area contributed by atoms with Gasteiger partial charge in [0, 0.05) is 18.3 Å². The Morgan fingerprint density at radius 1 is 1.26 bits per heavy atom. The second-order valence-electron chi connectivity index (χ2n) is 6.91. The molecule has 1 saturated heterocycles. The number of hydrogen-bond acceptors (Lipinski definition) is 2. The predicted molar refractivity (Wildman–Crippen MR) is 91.1 cm³/mol. The minimum atomic E-state index is -0.812. The molecule has 1 aliphatic heterocycles. The Bertz CT molecular complexity index is 607. The van der Waals surface area contributed by atoms with Crippen LogP contribution in [0.4, 0.5) is 5.69 Å². The smallest absolute Gasteiger partial charge is 0.240 e. The van der Waals surface area contributed by atoms with E-state index in [1.807, 2.05) is 36.1 Å². The van der Waals surface area contributed by atoms with Crippen LogP contribution < -0.4 is 5.32 Å². The number of likely N-dealkylation sites (tertiary alicyclic amines) is 1. The molecule has 3 rings (SSSR count). The topological polar surface area (TPSA) is 49.4 Å². The van der Waals surface area contributed by atoms with Crippen molar-refractivity contribution in [2.45, 2.75) is 58.4 Å². The summed E-state index contributed by atoms with van der Waals surface area (Å²) in [6.45, 7) is 4.90. The van der Waals surface area contributed by atoms with E-state index in [0.29, 0.717) is 18.9 Å². The standard InChI is InChI=1S/C19H26N2O2/c1-3-15-9-6-7-13-21(15)18(23)19(11-12-19)17(22)20-16-10-5-4-8-14(16)2/h4-5,8,10,15H,3,6-7,9,11-13H2,1-2H3,(H,20,22). The van der Waals surface area contributed by atoms with Gasteiger partial charge >= 0.3 is 0 Å². The van der Waals surface area contributed by atoms with Crippen LogP contribution in [-0.2, 0) is 9.59 Å². The number of nitrogens with one attached hydrogen (secondary N) is 1. The molecule has 23 heavy (non-hydrogen) atoms. The quantitative estimate of drug-likeness (QED) is 0.865. The highest BCUT2D eigenvalue weighted by Crippen LogP contribution is 2.49. The first kappa shape index (κ1) is 16.0. The number of benzene rings is 1. The highest BCUT2D eigenvalue weighted by atomic mass is 16.2. The van der Waals surface area contributed by atoms with E-state index in [-0.39, 0.29) is 11.8 Å². The van der Waals surface area contributed by atoms with Gasteiger partial charge in [-0.2, -0.15) is 0 Å². The summed E-state index contributed by atoms with van der Waals surface area (Å²) in [4.78, 5) is 27.8. The number of nitrogens with zero attached hydrogens (tertiary/aromatic N) is 1. The Morgan fingerprint density at radius 2 is 2.00 bits per heavy atom. The van der Waals surface area contributed by atoms with E-state index in [9.17, 15) is 9.59 Å². The average Bonchev–Trinajstić information content (AvgIpc) is 3.38.